The molecule has 76 valence electrons. The number of aryl methyl sites for hydroxylation is 1. The Hall–Kier alpha value is -1.82. The van der Waals surface area contributed by atoms with Gasteiger partial charge >= 0.3 is 0 Å². The molecule has 0 aliphatic carbocycles. The predicted octanol–water partition coefficient (Wildman–Crippen LogP) is 1.17. The molecule has 0 amide bonds. The molecule has 0 aliphatic rings. The number of aromatic nitrogens is 4. The molecule has 15 heavy (non-hydrogen) atoms. The lowest BCUT2D eigenvalue weighted by molar-refractivity contribution is 0.104. The van der Waals surface area contributed by atoms with Gasteiger partial charge in [0, 0.05) is 18.6 Å². The van der Waals surface area contributed by atoms with Crippen molar-refractivity contribution in [1.29, 1.82) is 0 Å². The summed E-state index contributed by atoms with van der Waals surface area (Å²) in [6, 6.07) is 0. The van der Waals surface area contributed by atoms with Gasteiger partial charge in [-0.2, -0.15) is 0 Å². The van der Waals surface area contributed by atoms with E-state index in [2.05, 4.69) is 15.3 Å². The molecule has 0 N–H and O–H groups in total. The second kappa shape index (κ2) is 4.14. The minimum atomic E-state index is -0.105. The van der Waals surface area contributed by atoms with Crippen LogP contribution in [0.3, 0.4) is 0 Å². The molecule has 5 nitrogen and oxygen atoms in total. The molecule has 0 saturated carbocycles. The minimum absolute atomic E-state index is 0.105. The Kier molecular flexibility index (Phi) is 2.68. The molecule has 2 heterocycles. The van der Waals surface area contributed by atoms with E-state index in [1.165, 1.54) is 17.4 Å². The van der Waals surface area contributed by atoms with E-state index < -0.39 is 0 Å². The molecule has 2 rings (SSSR count). The summed E-state index contributed by atoms with van der Waals surface area (Å²) < 4.78 is 1.59. The topological polar surface area (TPSA) is 60.7 Å². The smallest absolute Gasteiger partial charge is 0.214 e. The van der Waals surface area contributed by atoms with E-state index in [1.807, 2.05) is 0 Å². The fraction of sp³-hybridized carbons (Fsp3) is 0.111. The van der Waals surface area contributed by atoms with Crippen molar-refractivity contribution in [1.82, 2.24) is 20.0 Å². The number of nitrogens with zero attached hydrogens (tertiary/aromatic N) is 4. The summed E-state index contributed by atoms with van der Waals surface area (Å²) in [5.41, 5.74) is 0.778. The van der Waals surface area contributed by atoms with Gasteiger partial charge < -0.3 is 0 Å². The summed E-state index contributed by atoms with van der Waals surface area (Å²) in [6.07, 6.45) is 6.34. The molecule has 6 heteroatoms. The van der Waals surface area contributed by atoms with Crippen LogP contribution in [0.4, 0.5) is 0 Å². The number of hydrogen-bond donors (Lipinski definition) is 0. The van der Waals surface area contributed by atoms with Crippen molar-refractivity contribution >= 4 is 23.2 Å². The summed E-state index contributed by atoms with van der Waals surface area (Å²) in [7, 11) is 1.76. The zero-order chi connectivity index (χ0) is 10.7. The van der Waals surface area contributed by atoms with Crippen LogP contribution in [-0.2, 0) is 7.05 Å². The van der Waals surface area contributed by atoms with Gasteiger partial charge in [-0.05, 0) is 12.2 Å². The number of rotatable bonds is 3. The van der Waals surface area contributed by atoms with Gasteiger partial charge in [0.1, 0.15) is 0 Å². The zero-order valence-corrected chi connectivity index (χ0v) is 8.81. The Morgan fingerprint density at radius 2 is 2.47 bits per heavy atom. The predicted molar refractivity (Wildman–Crippen MR) is 56.5 cm³/mol. The second-order valence-electron chi connectivity index (χ2n) is 2.82. The van der Waals surface area contributed by atoms with Crippen molar-refractivity contribution in [2.24, 2.45) is 7.05 Å². The fourth-order valence-electron chi connectivity index (χ4n) is 1.03. The molecule has 2 aromatic rings. The molecule has 2 aromatic heterocycles. The number of carbonyl (C=O) groups is 1. The van der Waals surface area contributed by atoms with E-state index in [4.69, 9.17) is 0 Å². The molecule has 0 unspecified atom stereocenters. The van der Waals surface area contributed by atoms with Crippen molar-refractivity contribution in [3.05, 3.63) is 34.6 Å². The van der Waals surface area contributed by atoms with Gasteiger partial charge in [-0.25, -0.2) is 9.67 Å². The summed E-state index contributed by atoms with van der Waals surface area (Å²) >= 11 is 1.32. The van der Waals surface area contributed by atoms with Crippen LogP contribution in [0, 0.1) is 0 Å². The summed E-state index contributed by atoms with van der Waals surface area (Å²) in [6.45, 7) is 0. The van der Waals surface area contributed by atoms with E-state index in [-0.39, 0.29) is 5.78 Å². The molecule has 0 bridgehead atoms. The maximum atomic E-state index is 11.5. The van der Waals surface area contributed by atoms with Gasteiger partial charge in [0.2, 0.25) is 5.78 Å². The van der Waals surface area contributed by atoms with Crippen molar-refractivity contribution in [3.63, 3.8) is 0 Å². The van der Waals surface area contributed by atoms with Gasteiger partial charge in [-0.15, -0.1) is 16.4 Å². The second-order valence-corrected chi connectivity index (χ2v) is 3.71. The van der Waals surface area contributed by atoms with Crippen LogP contribution in [0.2, 0.25) is 0 Å². The SMILES string of the molecule is Cn1nncc1/C=C/C(=O)c1nccs1. The molecule has 0 spiro atoms. The van der Waals surface area contributed by atoms with Gasteiger partial charge in [0.05, 0.1) is 11.9 Å². The lowest BCUT2D eigenvalue weighted by Crippen LogP contribution is -1.95. The third-order valence-corrected chi connectivity index (χ3v) is 2.59. The number of ketones is 1. The fourth-order valence-corrected chi connectivity index (χ4v) is 1.58. The van der Waals surface area contributed by atoms with E-state index in [0.29, 0.717) is 5.01 Å². The van der Waals surface area contributed by atoms with Crippen LogP contribution < -0.4 is 0 Å². The first kappa shape index (κ1) is 9.72. The van der Waals surface area contributed by atoms with E-state index in [9.17, 15) is 4.79 Å². The number of hydrogen-bond acceptors (Lipinski definition) is 5. The van der Waals surface area contributed by atoms with E-state index in [0.717, 1.165) is 5.69 Å². The van der Waals surface area contributed by atoms with Crippen LogP contribution in [0.1, 0.15) is 15.5 Å². The first-order valence-corrected chi connectivity index (χ1v) is 5.12. The number of carbonyl (C=O) groups excluding carboxylic acids is 1. The Labute approximate surface area is 90.1 Å². The monoisotopic (exact) mass is 220 g/mol. The lowest BCUT2D eigenvalue weighted by atomic mass is 10.3. The first-order valence-electron chi connectivity index (χ1n) is 4.24. The summed E-state index contributed by atoms with van der Waals surface area (Å²) in [4.78, 5) is 15.4. The van der Waals surface area contributed by atoms with Crippen LogP contribution in [-0.4, -0.2) is 25.8 Å². The van der Waals surface area contributed by atoms with Crippen LogP contribution in [0.5, 0.6) is 0 Å². The molecule has 0 aliphatic heterocycles. The molecule has 0 aromatic carbocycles. The average Bonchev–Trinajstić information content (AvgIpc) is 2.85. The normalized spacial score (nSPS) is 11.0. The first-order chi connectivity index (χ1) is 7.27. The third-order valence-electron chi connectivity index (χ3n) is 1.80. The van der Waals surface area contributed by atoms with Crippen molar-refractivity contribution < 1.29 is 4.79 Å². The maximum absolute atomic E-state index is 11.5. The van der Waals surface area contributed by atoms with Gasteiger partial charge in [0.25, 0.3) is 0 Å². The van der Waals surface area contributed by atoms with Crippen molar-refractivity contribution in [2.75, 3.05) is 0 Å². The van der Waals surface area contributed by atoms with E-state index in [1.54, 1.807) is 35.6 Å². The number of allylic oxidation sites excluding steroid dienone is 1. The molecule has 0 radical (unpaired) electrons. The van der Waals surface area contributed by atoms with Crippen molar-refractivity contribution in [2.45, 2.75) is 0 Å². The largest absolute Gasteiger partial charge is 0.287 e. The van der Waals surface area contributed by atoms with Gasteiger partial charge in [-0.1, -0.05) is 5.21 Å². The average molecular weight is 220 g/mol. The van der Waals surface area contributed by atoms with Gasteiger partial charge in [0.15, 0.2) is 5.01 Å². The third kappa shape index (κ3) is 2.16. The standard InChI is InChI=1S/C9H8N4OS/c1-13-7(6-11-12-13)2-3-8(14)9-10-4-5-15-9/h2-6H,1H3/b3-2+. The molecular weight excluding hydrogens is 212 g/mol. The van der Waals surface area contributed by atoms with Crippen LogP contribution >= 0.6 is 11.3 Å². The summed E-state index contributed by atoms with van der Waals surface area (Å²) in [5.74, 6) is -0.105. The maximum Gasteiger partial charge on any atom is 0.214 e. The van der Waals surface area contributed by atoms with Gasteiger partial charge in [-0.3, -0.25) is 4.79 Å². The Bertz CT molecular complexity index is 486. The Morgan fingerprint density at radius 3 is 3.07 bits per heavy atom. The highest BCUT2D eigenvalue weighted by Crippen LogP contribution is 2.07. The van der Waals surface area contributed by atoms with Crippen LogP contribution in [0.25, 0.3) is 6.08 Å². The number of thiazole rings is 1. The summed E-state index contributed by atoms with van der Waals surface area (Å²) in [5, 5.41) is 9.71. The quantitative estimate of drug-likeness (QED) is 0.575. The lowest BCUT2D eigenvalue weighted by Gasteiger charge is -1.90. The van der Waals surface area contributed by atoms with Crippen molar-refractivity contribution in [3.8, 4) is 0 Å². The zero-order valence-electron chi connectivity index (χ0n) is 7.99. The molecular formula is C9H8N4OS. The molecule has 0 saturated heterocycles. The molecule has 0 atom stereocenters. The minimum Gasteiger partial charge on any atom is -0.287 e. The highest BCUT2D eigenvalue weighted by molar-refractivity contribution is 7.11. The van der Waals surface area contributed by atoms with Crippen LogP contribution in [0.15, 0.2) is 23.8 Å². The Morgan fingerprint density at radius 1 is 1.60 bits per heavy atom. The highest BCUT2D eigenvalue weighted by atomic mass is 32.1. The molecule has 0 fully saturated rings. The highest BCUT2D eigenvalue weighted by Gasteiger charge is 2.04. The van der Waals surface area contributed by atoms with E-state index >= 15 is 0 Å². The Balaban J connectivity index is 2.13.